The van der Waals surface area contributed by atoms with Gasteiger partial charge in [0.2, 0.25) is 0 Å². The highest BCUT2D eigenvalue weighted by molar-refractivity contribution is 5.80. The fourth-order valence-corrected chi connectivity index (χ4v) is 3.85. The number of aliphatic imine (C=N–C) groups is 1. The Morgan fingerprint density at radius 1 is 1.24 bits per heavy atom. The van der Waals surface area contributed by atoms with Crippen LogP contribution in [-0.2, 0) is 6.42 Å². The van der Waals surface area contributed by atoms with Gasteiger partial charge < -0.3 is 24.2 Å². The number of aromatic nitrogens is 1. The highest BCUT2D eigenvalue weighted by Gasteiger charge is 2.27. The molecule has 0 saturated carbocycles. The van der Waals surface area contributed by atoms with E-state index in [0.717, 1.165) is 67.0 Å². The van der Waals surface area contributed by atoms with E-state index in [0.29, 0.717) is 12.5 Å². The van der Waals surface area contributed by atoms with Gasteiger partial charge in [0, 0.05) is 43.7 Å². The highest BCUT2D eigenvalue weighted by atomic mass is 16.5. The number of nitrogens with one attached hydrogen (secondary N) is 1. The highest BCUT2D eigenvalue weighted by Crippen LogP contribution is 2.32. The van der Waals surface area contributed by atoms with Gasteiger partial charge in [0.25, 0.3) is 0 Å². The number of likely N-dealkylation sites (tertiary alicyclic amines) is 1. The number of methoxy groups -OCH3 is 2. The third-order valence-corrected chi connectivity index (χ3v) is 5.47. The molecule has 1 N–H and O–H groups in total. The standard InChI is InChI=1S/C22H32N4O3/c1-6-23-22(24-9-7-21-15(2)25-29-16(21)3)26-10-8-17(14-26)18-11-19(27-4)13-20(12-18)28-5/h11-13,17H,6-10,14H2,1-5H3,(H,23,24). The molecule has 158 valence electrons. The Morgan fingerprint density at radius 2 is 1.97 bits per heavy atom. The summed E-state index contributed by atoms with van der Waals surface area (Å²) in [5.41, 5.74) is 3.36. The first kappa shape index (κ1) is 21.0. The maximum atomic E-state index is 5.44. The predicted octanol–water partition coefficient (Wildman–Crippen LogP) is 3.31. The molecule has 1 aliphatic rings. The van der Waals surface area contributed by atoms with Crippen molar-refractivity contribution < 1.29 is 14.0 Å². The molecule has 0 amide bonds. The van der Waals surface area contributed by atoms with Crippen molar-refractivity contribution in [3.8, 4) is 11.5 Å². The second kappa shape index (κ2) is 9.67. The van der Waals surface area contributed by atoms with Gasteiger partial charge in [-0.1, -0.05) is 5.16 Å². The quantitative estimate of drug-likeness (QED) is 0.568. The first-order valence-corrected chi connectivity index (χ1v) is 10.2. The van der Waals surface area contributed by atoms with Crippen LogP contribution < -0.4 is 14.8 Å². The number of rotatable bonds is 7. The minimum absolute atomic E-state index is 0.422. The molecular weight excluding hydrogens is 368 g/mol. The van der Waals surface area contributed by atoms with E-state index >= 15 is 0 Å². The Balaban J connectivity index is 1.68. The number of benzene rings is 1. The van der Waals surface area contributed by atoms with Crippen LogP contribution in [0.15, 0.2) is 27.7 Å². The molecule has 0 spiro atoms. The number of hydrogen-bond acceptors (Lipinski definition) is 5. The number of aryl methyl sites for hydroxylation is 2. The van der Waals surface area contributed by atoms with E-state index < -0.39 is 0 Å². The third-order valence-electron chi connectivity index (χ3n) is 5.47. The molecule has 2 heterocycles. The lowest BCUT2D eigenvalue weighted by Crippen LogP contribution is -2.40. The van der Waals surface area contributed by atoms with E-state index in [1.807, 2.05) is 19.9 Å². The summed E-state index contributed by atoms with van der Waals surface area (Å²) in [7, 11) is 3.38. The average molecular weight is 401 g/mol. The molecule has 3 rings (SSSR count). The van der Waals surface area contributed by atoms with Crippen LogP contribution in [0.5, 0.6) is 11.5 Å². The van der Waals surface area contributed by atoms with E-state index in [-0.39, 0.29) is 0 Å². The van der Waals surface area contributed by atoms with Gasteiger partial charge in [-0.3, -0.25) is 4.99 Å². The molecule has 0 bridgehead atoms. The van der Waals surface area contributed by atoms with Gasteiger partial charge in [0.15, 0.2) is 5.96 Å². The van der Waals surface area contributed by atoms with Gasteiger partial charge in [-0.2, -0.15) is 0 Å². The zero-order chi connectivity index (χ0) is 20.8. The van der Waals surface area contributed by atoms with Crippen molar-refractivity contribution in [3.05, 3.63) is 40.8 Å². The first-order chi connectivity index (χ1) is 14.0. The lowest BCUT2D eigenvalue weighted by Gasteiger charge is -2.22. The minimum atomic E-state index is 0.422. The van der Waals surface area contributed by atoms with Gasteiger partial charge >= 0.3 is 0 Å². The normalized spacial score (nSPS) is 16.9. The molecule has 0 aliphatic carbocycles. The Hall–Kier alpha value is -2.70. The molecular formula is C22H32N4O3. The summed E-state index contributed by atoms with van der Waals surface area (Å²) in [4.78, 5) is 7.20. The molecule has 1 fully saturated rings. The molecule has 7 heteroatoms. The molecule has 7 nitrogen and oxygen atoms in total. The smallest absolute Gasteiger partial charge is 0.193 e. The average Bonchev–Trinajstić information content (AvgIpc) is 3.35. The van der Waals surface area contributed by atoms with Crippen molar-refractivity contribution in [3.63, 3.8) is 0 Å². The molecule has 0 radical (unpaired) electrons. The Morgan fingerprint density at radius 3 is 2.55 bits per heavy atom. The van der Waals surface area contributed by atoms with Gasteiger partial charge in [-0.05, 0) is 51.3 Å². The first-order valence-electron chi connectivity index (χ1n) is 10.2. The minimum Gasteiger partial charge on any atom is -0.497 e. The lowest BCUT2D eigenvalue weighted by molar-refractivity contribution is 0.392. The number of hydrogen-bond donors (Lipinski definition) is 1. The van der Waals surface area contributed by atoms with Crippen molar-refractivity contribution in [1.29, 1.82) is 0 Å². The van der Waals surface area contributed by atoms with Gasteiger partial charge in [-0.25, -0.2) is 0 Å². The zero-order valence-electron chi connectivity index (χ0n) is 18.1. The molecule has 1 atom stereocenters. The SMILES string of the molecule is CCNC(=NCCc1c(C)noc1C)N1CCC(c2cc(OC)cc(OC)c2)C1. The van der Waals surface area contributed by atoms with Crippen LogP contribution in [0, 0.1) is 13.8 Å². The lowest BCUT2D eigenvalue weighted by atomic mass is 9.98. The van der Waals surface area contributed by atoms with E-state index in [1.165, 1.54) is 5.56 Å². The third kappa shape index (κ3) is 5.02. The van der Waals surface area contributed by atoms with Crippen molar-refractivity contribution in [2.45, 2.75) is 39.5 Å². The van der Waals surface area contributed by atoms with Crippen LogP contribution in [0.3, 0.4) is 0 Å². The molecule has 1 aromatic carbocycles. The molecule has 1 aromatic heterocycles. The number of ether oxygens (including phenoxy) is 2. The van der Waals surface area contributed by atoms with Gasteiger partial charge in [0.05, 0.1) is 19.9 Å². The summed E-state index contributed by atoms with van der Waals surface area (Å²) in [6.07, 6.45) is 1.91. The van der Waals surface area contributed by atoms with Crippen LogP contribution in [0.4, 0.5) is 0 Å². The molecule has 29 heavy (non-hydrogen) atoms. The van der Waals surface area contributed by atoms with E-state index in [4.69, 9.17) is 19.0 Å². The summed E-state index contributed by atoms with van der Waals surface area (Å²) in [6, 6.07) is 6.13. The maximum absolute atomic E-state index is 5.44. The molecule has 1 aliphatic heterocycles. The van der Waals surface area contributed by atoms with Crippen LogP contribution in [-0.4, -0.2) is 56.4 Å². The zero-order valence-corrected chi connectivity index (χ0v) is 18.1. The van der Waals surface area contributed by atoms with Crippen LogP contribution >= 0.6 is 0 Å². The molecule has 1 saturated heterocycles. The van der Waals surface area contributed by atoms with E-state index in [9.17, 15) is 0 Å². The van der Waals surface area contributed by atoms with E-state index in [1.54, 1.807) is 14.2 Å². The second-order valence-corrected chi connectivity index (χ2v) is 7.37. The van der Waals surface area contributed by atoms with Crippen molar-refractivity contribution in [2.24, 2.45) is 4.99 Å². The van der Waals surface area contributed by atoms with Crippen LogP contribution in [0.2, 0.25) is 0 Å². The monoisotopic (exact) mass is 400 g/mol. The fourth-order valence-electron chi connectivity index (χ4n) is 3.85. The largest absolute Gasteiger partial charge is 0.497 e. The summed E-state index contributed by atoms with van der Waals surface area (Å²) in [5, 5.41) is 7.47. The van der Waals surface area contributed by atoms with Crippen molar-refractivity contribution in [1.82, 2.24) is 15.4 Å². The Bertz CT molecular complexity index is 805. The summed E-state index contributed by atoms with van der Waals surface area (Å²) in [5.74, 6) is 3.94. The molecule has 1 unspecified atom stereocenters. The van der Waals surface area contributed by atoms with Crippen molar-refractivity contribution in [2.75, 3.05) is 40.4 Å². The van der Waals surface area contributed by atoms with Gasteiger partial charge in [-0.15, -0.1) is 0 Å². The summed E-state index contributed by atoms with van der Waals surface area (Å²) < 4.78 is 16.1. The van der Waals surface area contributed by atoms with Crippen LogP contribution in [0.25, 0.3) is 0 Å². The van der Waals surface area contributed by atoms with Crippen LogP contribution in [0.1, 0.15) is 41.8 Å². The van der Waals surface area contributed by atoms with Gasteiger partial charge in [0.1, 0.15) is 17.3 Å². The van der Waals surface area contributed by atoms with E-state index in [2.05, 4.69) is 34.4 Å². The summed E-state index contributed by atoms with van der Waals surface area (Å²) in [6.45, 7) is 9.49. The maximum Gasteiger partial charge on any atom is 0.193 e. The number of nitrogens with zero attached hydrogens (tertiary/aromatic N) is 3. The predicted molar refractivity (Wildman–Crippen MR) is 114 cm³/mol. The fraction of sp³-hybridized carbons (Fsp3) is 0.545. The Labute approximate surface area is 173 Å². The Kier molecular flexibility index (Phi) is 7.01. The summed E-state index contributed by atoms with van der Waals surface area (Å²) >= 11 is 0. The topological polar surface area (TPSA) is 72.1 Å². The second-order valence-electron chi connectivity index (χ2n) is 7.37. The van der Waals surface area contributed by atoms with Crippen molar-refractivity contribution >= 4 is 5.96 Å². The number of guanidine groups is 1. The molecule has 2 aromatic rings.